The molecule has 0 bridgehead atoms. The minimum atomic E-state index is -0.419. The van der Waals surface area contributed by atoms with Crippen molar-refractivity contribution in [3.8, 4) is 0 Å². The Hall–Kier alpha value is -1.29. The van der Waals surface area contributed by atoms with Crippen molar-refractivity contribution in [2.24, 2.45) is 16.3 Å². The highest BCUT2D eigenvalue weighted by molar-refractivity contribution is 6.30. The summed E-state index contributed by atoms with van der Waals surface area (Å²) < 4.78 is 19.7. The highest BCUT2D eigenvalue weighted by Crippen LogP contribution is 2.53. The summed E-state index contributed by atoms with van der Waals surface area (Å²) in [5, 5.41) is 2.93. The van der Waals surface area contributed by atoms with Gasteiger partial charge in [-0.25, -0.2) is 4.39 Å². The van der Waals surface area contributed by atoms with Gasteiger partial charge in [0.1, 0.15) is 5.16 Å². The number of nitrogens with zero attached hydrogens (tertiary/aromatic N) is 1. The van der Waals surface area contributed by atoms with Crippen LogP contribution in [0, 0.1) is 11.3 Å². The van der Waals surface area contributed by atoms with E-state index in [1.165, 1.54) is 18.9 Å². The second-order valence-corrected chi connectivity index (χ2v) is 7.28. The van der Waals surface area contributed by atoms with Gasteiger partial charge in [-0.15, -0.1) is 0 Å². The molecule has 2 unspecified atom stereocenters. The molecule has 2 fully saturated rings. The SMILES string of the molecule is C=C(Cl)NC(=NC1C(C(=C)OC)CCCC12CCCC2)/C(F)=C\C.CC. The van der Waals surface area contributed by atoms with E-state index in [1.54, 1.807) is 14.0 Å². The molecular formula is C21H34ClFN2O. The Bertz CT molecular complexity index is 550. The topological polar surface area (TPSA) is 33.6 Å². The maximum absolute atomic E-state index is 14.3. The lowest BCUT2D eigenvalue weighted by atomic mass is 9.64. The van der Waals surface area contributed by atoms with Crippen LogP contribution in [0.5, 0.6) is 0 Å². The Labute approximate surface area is 163 Å². The molecule has 0 aliphatic heterocycles. The lowest BCUT2D eigenvalue weighted by molar-refractivity contribution is 0.0914. The average molecular weight is 385 g/mol. The van der Waals surface area contributed by atoms with E-state index in [-0.39, 0.29) is 28.4 Å². The average Bonchev–Trinajstić information content (AvgIpc) is 3.11. The molecule has 0 heterocycles. The molecule has 2 saturated carbocycles. The van der Waals surface area contributed by atoms with Crippen molar-refractivity contribution in [1.29, 1.82) is 0 Å². The number of amidine groups is 1. The van der Waals surface area contributed by atoms with Gasteiger partial charge in [0.05, 0.1) is 18.9 Å². The number of hydrogen-bond donors (Lipinski definition) is 1. The van der Waals surface area contributed by atoms with Crippen LogP contribution in [0.1, 0.15) is 65.7 Å². The van der Waals surface area contributed by atoms with Gasteiger partial charge < -0.3 is 10.1 Å². The summed E-state index contributed by atoms with van der Waals surface area (Å²) in [5.74, 6) is 0.577. The number of hydrogen-bond acceptors (Lipinski definition) is 2. The zero-order valence-electron chi connectivity index (χ0n) is 16.7. The smallest absolute Gasteiger partial charge is 0.162 e. The molecule has 2 rings (SSSR count). The van der Waals surface area contributed by atoms with Crippen LogP contribution in [0.2, 0.25) is 0 Å². The van der Waals surface area contributed by atoms with Crippen molar-refractivity contribution in [1.82, 2.24) is 5.32 Å². The van der Waals surface area contributed by atoms with Crippen molar-refractivity contribution in [3.05, 3.63) is 36.0 Å². The van der Waals surface area contributed by atoms with E-state index < -0.39 is 5.83 Å². The predicted molar refractivity (Wildman–Crippen MR) is 110 cm³/mol. The molecule has 2 aliphatic carbocycles. The summed E-state index contributed by atoms with van der Waals surface area (Å²) in [6.45, 7) is 13.3. The van der Waals surface area contributed by atoms with Crippen molar-refractivity contribution >= 4 is 17.4 Å². The molecule has 0 aromatic heterocycles. The first kappa shape index (κ1) is 22.8. The maximum atomic E-state index is 14.3. The van der Waals surface area contributed by atoms with Crippen LogP contribution in [0.4, 0.5) is 4.39 Å². The van der Waals surface area contributed by atoms with Crippen molar-refractivity contribution in [2.45, 2.75) is 71.8 Å². The summed E-state index contributed by atoms with van der Waals surface area (Å²) in [6, 6.07) is -0.0505. The highest BCUT2D eigenvalue weighted by Gasteiger charge is 2.48. The van der Waals surface area contributed by atoms with E-state index in [4.69, 9.17) is 21.3 Å². The monoisotopic (exact) mass is 384 g/mol. The highest BCUT2D eigenvalue weighted by atomic mass is 35.5. The zero-order valence-corrected chi connectivity index (χ0v) is 17.5. The quantitative estimate of drug-likeness (QED) is 0.255. The van der Waals surface area contributed by atoms with Gasteiger partial charge >= 0.3 is 0 Å². The zero-order chi connectivity index (χ0) is 19.7. The first-order valence-corrected chi connectivity index (χ1v) is 10.1. The standard InChI is InChI=1S/C19H28ClFN2O.C2H6/c1-5-16(21)18(22-14(3)20)23-17-15(13(2)24-4)9-8-12-19(17)10-6-7-11-19;1-2/h5,15,17H,2-3,6-12H2,1,4H3,(H,22,23);1-2H3/b16-5+;. The molecule has 26 heavy (non-hydrogen) atoms. The number of aliphatic imine (C=N–C) groups is 1. The fourth-order valence-electron chi connectivity index (χ4n) is 4.30. The first-order valence-electron chi connectivity index (χ1n) is 9.67. The van der Waals surface area contributed by atoms with Crippen LogP contribution < -0.4 is 5.32 Å². The minimum absolute atomic E-state index is 0.0505. The molecule has 0 amide bonds. The van der Waals surface area contributed by atoms with Crippen LogP contribution in [-0.4, -0.2) is 19.0 Å². The van der Waals surface area contributed by atoms with Crippen molar-refractivity contribution in [2.75, 3.05) is 7.11 Å². The Morgan fingerprint density at radius 2 is 1.81 bits per heavy atom. The molecule has 0 aromatic carbocycles. The van der Waals surface area contributed by atoms with Gasteiger partial charge in [0, 0.05) is 5.92 Å². The van der Waals surface area contributed by atoms with E-state index in [1.807, 2.05) is 13.8 Å². The third-order valence-corrected chi connectivity index (χ3v) is 5.57. The van der Waals surface area contributed by atoms with Gasteiger partial charge in [-0.1, -0.05) is 57.9 Å². The third kappa shape index (κ3) is 5.35. The molecule has 2 aliphatic rings. The first-order chi connectivity index (χ1) is 12.4. The van der Waals surface area contributed by atoms with Gasteiger partial charge in [0.2, 0.25) is 0 Å². The largest absolute Gasteiger partial charge is 0.501 e. The molecular weight excluding hydrogens is 351 g/mol. The van der Waals surface area contributed by atoms with Crippen molar-refractivity contribution in [3.63, 3.8) is 0 Å². The number of ether oxygens (including phenoxy) is 1. The summed E-state index contributed by atoms with van der Waals surface area (Å²) in [7, 11) is 1.64. The summed E-state index contributed by atoms with van der Waals surface area (Å²) in [6.07, 6.45) is 9.27. The van der Waals surface area contributed by atoms with Crippen molar-refractivity contribution < 1.29 is 9.13 Å². The number of allylic oxidation sites excluding steroid dienone is 1. The Morgan fingerprint density at radius 1 is 1.23 bits per heavy atom. The molecule has 0 saturated heterocycles. The summed E-state index contributed by atoms with van der Waals surface area (Å²) in [5.41, 5.74) is 0.110. The number of rotatable bonds is 5. The summed E-state index contributed by atoms with van der Waals surface area (Å²) in [4.78, 5) is 4.81. The lowest BCUT2D eigenvalue weighted by Crippen LogP contribution is -2.43. The maximum Gasteiger partial charge on any atom is 0.162 e. The molecule has 1 N–H and O–H groups in total. The fraction of sp³-hybridized carbons (Fsp3) is 0.667. The fourth-order valence-corrected chi connectivity index (χ4v) is 4.39. The van der Waals surface area contributed by atoms with Gasteiger partial charge in [0.25, 0.3) is 0 Å². The van der Waals surface area contributed by atoms with E-state index in [9.17, 15) is 4.39 Å². The molecule has 1 spiro atoms. The van der Waals surface area contributed by atoms with Crippen LogP contribution in [0.3, 0.4) is 0 Å². The minimum Gasteiger partial charge on any atom is -0.501 e. The lowest BCUT2D eigenvalue weighted by Gasteiger charge is -2.44. The Morgan fingerprint density at radius 3 is 2.31 bits per heavy atom. The van der Waals surface area contributed by atoms with Gasteiger partial charge in [-0.2, -0.15) is 0 Å². The van der Waals surface area contributed by atoms with Crippen LogP contribution in [0.15, 0.2) is 41.0 Å². The Kier molecular flexibility index (Phi) is 9.42. The van der Waals surface area contributed by atoms with E-state index in [2.05, 4.69) is 18.5 Å². The van der Waals surface area contributed by atoms with E-state index >= 15 is 0 Å². The number of nitrogens with one attached hydrogen (secondary N) is 1. The molecule has 148 valence electrons. The summed E-state index contributed by atoms with van der Waals surface area (Å²) >= 11 is 5.85. The van der Waals surface area contributed by atoms with Gasteiger partial charge in [0.15, 0.2) is 11.7 Å². The third-order valence-electron chi connectivity index (χ3n) is 5.48. The normalized spacial score (nSPS) is 25.3. The second-order valence-electron chi connectivity index (χ2n) is 6.83. The molecule has 5 heteroatoms. The van der Waals surface area contributed by atoms with Gasteiger partial charge in [-0.05, 0) is 44.1 Å². The van der Waals surface area contributed by atoms with Crippen LogP contribution in [-0.2, 0) is 4.74 Å². The number of halogens is 2. The molecule has 2 atom stereocenters. The van der Waals surface area contributed by atoms with Gasteiger partial charge in [-0.3, -0.25) is 4.99 Å². The van der Waals surface area contributed by atoms with E-state index in [0.717, 1.165) is 37.9 Å². The molecule has 3 nitrogen and oxygen atoms in total. The van der Waals surface area contributed by atoms with E-state index in [0.29, 0.717) is 0 Å². The van der Waals surface area contributed by atoms with Crippen LogP contribution >= 0.6 is 11.6 Å². The molecule has 0 aromatic rings. The Balaban J connectivity index is 0.00000163. The molecule has 0 radical (unpaired) electrons. The predicted octanol–water partition coefficient (Wildman–Crippen LogP) is 6.47. The van der Waals surface area contributed by atoms with Crippen LogP contribution in [0.25, 0.3) is 0 Å². The second kappa shape index (κ2) is 10.8. The number of methoxy groups -OCH3 is 1.